The molecule has 8 heteroatoms. The van der Waals surface area contributed by atoms with Gasteiger partial charge in [-0.1, -0.05) is 17.7 Å². The van der Waals surface area contributed by atoms with Crippen molar-refractivity contribution in [3.8, 4) is 23.0 Å². The van der Waals surface area contributed by atoms with E-state index in [0.29, 0.717) is 28.8 Å². The SMILES string of the molecule is COc1ccc(CCC(=O)OCc2nnc(-c3ccc(Cl)cc3)o2)cc1OC. The molecule has 0 saturated carbocycles. The molecule has 0 amide bonds. The third-order valence-electron chi connectivity index (χ3n) is 3.98. The zero-order valence-corrected chi connectivity index (χ0v) is 16.2. The summed E-state index contributed by atoms with van der Waals surface area (Å²) < 4.78 is 21.2. The van der Waals surface area contributed by atoms with Gasteiger partial charge in [0.05, 0.1) is 14.2 Å². The van der Waals surface area contributed by atoms with Crippen LogP contribution in [-0.4, -0.2) is 30.4 Å². The van der Waals surface area contributed by atoms with Crippen LogP contribution in [0.2, 0.25) is 5.02 Å². The predicted octanol–water partition coefficient (Wildman–Crippen LogP) is 4.08. The number of esters is 1. The molecule has 0 unspecified atom stereocenters. The van der Waals surface area contributed by atoms with Crippen molar-refractivity contribution < 1.29 is 23.4 Å². The number of aryl methyl sites for hydroxylation is 1. The van der Waals surface area contributed by atoms with Crippen molar-refractivity contribution in [1.29, 1.82) is 0 Å². The monoisotopic (exact) mass is 402 g/mol. The minimum atomic E-state index is -0.360. The standard InChI is InChI=1S/C20H19ClN2O5/c1-25-16-9-3-13(11-17(16)26-2)4-10-19(24)27-12-18-22-23-20(28-18)14-5-7-15(21)8-6-14/h3,5-9,11H,4,10,12H2,1-2H3. The van der Waals surface area contributed by atoms with Gasteiger partial charge in [0.1, 0.15) is 0 Å². The van der Waals surface area contributed by atoms with Gasteiger partial charge in [0, 0.05) is 17.0 Å². The largest absolute Gasteiger partial charge is 0.493 e. The third-order valence-corrected chi connectivity index (χ3v) is 4.23. The highest BCUT2D eigenvalue weighted by Gasteiger charge is 2.12. The molecular formula is C20H19ClN2O5. The minimum absolute atomic E-state index is 0.0780. The molecule has 0 bridgehead atoms. The van der Waals surface area contributed by atoms with Crippen LogP contribution in [0.4, 0.5) is 0 Å². The molecule has 0 aliphatic rings. The maximum atomic E-state index is 12.0. The van der Waals surface area contributed by atoms with Crippen LogP contribution in [0, 0.1) is 0 Å². The maximum absolute atomic E-state index is 12.0. The van der Waals surface area contributed by atoms with E-state index in [9.17, 15) is 4.79 Å². The van der Waals surface area contributed by atoms with Crippen LogP contribution in [-0.2, 0) is 22.6 Å². The molecule has 1 aromatic heterocycles. The van der Waals surface area contributed by atoms with Gasteiger partial charge < -0.3 is 18.6 Å². The molecule has 7 nitrogen and oxygen atoms in total. The lowest BCUT2D eigenvalue weighted by Crippen LogP contribution is -2.06. The normalized spacial score (nSPS) is 10.5. The van der Waals surface area contributed by atoms with Gasteiger partial charge in [0.25, 0.3) is 5.89 Å². The van der Waals surface area contributed by atoms with Crippen molar-refractivity contribution in [3.63, 3.8) is 0 Å². The van der Waals surface area contributed by atoms with E-state index in [-0.39, 0.29) is 24.9 Å². The van der Waals surface area contributed by atoms with Gasteiger partial charge in [-0.2, -0.15) is 0 Å². The topological polar surface area (TPSA) is 83.7 Å². The Morgan fingerprint density at radius 1 is 1.04 bits per heavy atom. The Labute approximate surface area is 167 Å². The summed E-state index contributed by atoms with van der Waals surface area (Å²) in [5.74, 6) is 1.47. The fourth-order valence-electron chi connectivity index (χ4n) is 2.52. The number of aromatic nitrogens is 2. The van der Waals surface area contributed by atoms with Crippen LogP contribution in [0.1, 0.15) is 17.9 Å². The number of benzene rings is 2. The number of ether oxygens (including phenoxy) is 3. The number of carbonyl (C=O) groups is 1. The zero-order valence-electron chi connectivity index (χ0n) is 15.5. The van der Waals surface area contributed by atoms with Crippen molar-refractivity contribution in [2.75, 3.05) is 14.2 Å². The first-order chi connectivity index (χ1) is 13.6. The number of hydrogen-bond acceptors (Lipinski definition) is 7. The maximum Gasteiger partial charge on any atom is 0.306 e. The van der Waals surface area contributed by atoms with E-state index in [1.165, 1.54) is 0 Å². The van der Waals surface area contributed by atoms with Crippen molar-refractivity contribution >= 4 is 17.6 Å². The van der Waals surface area contributed by atoms with E-state index < -0.39 is 0 Å². The fourth-order valence-corrected chi connectivity index (χ4v) is 2.64. The Hall–Kier alpha value is -3.06. The van der Waals surface area contributed by atoms with Gasteiger partial charge in [-0.25, -0.2) is 0 Å². The molecule has 0 atom stereocenters. The van der Waals surface area contributed by atoms with E-state index >= 15 is 0 Å². The second-order valence-electron chi connectivity index (χ2n) is 5.86. The number of carbonyl (C=O) groups excluding carboxylic acids is 1. The predicted molar refractivity (Wildman–Crippen MR) is 102 cm³/mol. The molecule has 2 aromatic carbocycles. The molecule has 0 saturated heterocycles. The minimum Gasteiger partial charge on any atom is -0.493 e. The van der Waals surface area contributed by atoms with Gasteiger partial charge in [0.15, 0.2) is 18.1 Å². The average Bonchev–Trinajstić information content (AvgIpc) is 3.20. The van der Waals surface area contributed by atoms with E-state index in [1.54, 1.807) is 44.6 Å². The molecule has 3 rings (SSSR count). The van der Waals surface area contributed by atoms with Crippen LogP contribution >= 0.6 is 11.6 Å². The summed E-state index contributed by atoms with van der Waals surface area (Å²) in [6.45, 7) is -0.0780. The molecule has 1 heterocycles. The summed E-state index contributed by atoms with van der Waals surface area (Å²) >= 11 is 5.86. The first kappa shape index (κ1) is 19.7. The quantitative estimate of drug-likeness (QED) is 0.525. The molecule has 0 N–H and O–H groups in total. The zero-order chi connectivity index (χ0) is 19.9. The number of hydrogen-bond donors (Lipinski definition) is 0. The summed E-state index contributed by atoms with van der Waals surface area (Å²) in [6.07, 6.45) is 0.729. The Morgan fingerprint density at radius 3 is 2.50 bits per heavy atom. The lowest BCUT2D eigenvalue weighted by molar-refractivity contribution is -0.145. The Kier molecular flexibility index (Phi) is 6.49. The first-order valence-corrected chi connectivity index (χ1v) is 8.91. The van der Waals surface area contributed by atoms with E-state index in [4.69, 9.17) is 30.2 Å². The van der Waals surface area contributed by atoms with Gasteiger partial charge in [-0.15, -0.1) is 10.2 Å². The van der Waals surface area contributed by atoms with Crippen LogP contribution in [0.5, 0.6) is 11.5 Å². The summed E-state index contributed by atoms with van der Waals surface area (Å²) in [5, 5.41) is 8.45. The Bertz CT molecular complexity index is 940. The first-order valence-electron chi connectivity index (χ1n) is 8.54. The molecule has 0 aliphatic carbocycles. The molecule has 28 heavy (non-hydrogen) atoms. The van der Waals surface area contributed by atoms with Crippen LogP contribution in [0.3, 0.4) is 0 Å². The highest BCUT2D eigenvalue weighted by atomic mass is 35.5. The van der Waals surface area contributed by atoms with E-state index in [0.717, 1.165) is 11.1 Å². The number of rotatable bonds is 8. The lowest BCUT2D eigenvalue weighted by Gasteiger charge is -2.09. The highest BCUT2D eigenvalue weighted by Crippen LogP contribution is 2.28. The van der Waals surface area contributed by atoms with Crippen LogP contribution in [0.15, 0.2) is 46.9 Å². The van der Waals surface area contributed by atoms with Crippen molar-refractivity contribution in [2.45, 2.75) is 19.4 Å². The lowest BCUT2D eigenvalue weighted by atomic mass is 10.1. The second kappa shape index (κ2) is 9.23. The van der Waals surface area contributed by atoms with Crippen molar-refractivity contribution in [2.24, 2.45) is 0 Å². The summed E-state index contributed by atoms with van der Waals surface area (Å²) in [6, 6.07) is 12.5. The molecule has 3 aromatic rings. The molecule has 0 spiro atoms. The molecule has 146 valence electrons. The van der Waals surface area contributed by atoms with Gasteiger partial charge in [0.2, 0.25) is 5.89 Å². The van der Waals surface area contributed by atoms with Gasteiger partial charge in [-0.3, -0.25) is 4.79 Å². The highest BCUT2D eigenvalue weighted by molar-refractivity contribution is 6.30. The van der Waals surface area contributed by atoms with E-state index in [2.05, 4.69) is 10.2 Å². The van der Waals surface area contributed by atoms with Crippen LogP contribution < -0.4 is 9.47 Å². The fraction of sp³-hybridized carbons (Fsp3) is 0.250. The summed E-state index contributed by atoms with van der Waals surface area (Å²) in [7, 11) is 3.14. The van der Waals surface area contributed by atoms with Gasteiger partial charge >= 0.3 is 5.97 Å². The van der Waals surface area contributed by atoms with Crippen molar-refractivity contribution in [3.05, 3.63) is 58.9 Å². The smallest absolute Gasteiger partial charge is 0.306 e. The van der Waals surface area contributed by atoms with Crippen LogP contribution in [0.25, 0.3) is 11.5 Å². The number of nitrogens with zero attached hydrogens (tertiary/aromatic N) is 2. The molecular weight excluding hydrogens is 384 g/mol. The number of halogens is 1. The third kappa shape index (κ3) is 5.01. The van der Waals surface area contributed by atoms with Gasteiger partial charge in [-0.05, 0) is 48.4 Å². The molecule has 0 aliphatic heterocycles. The van der Waals surface area contributed by atoms with Crippen molar-refractivity contribution in [1.82, 2.24) is 10.2 Å². The molecule has 0 radical (unpaired) electrons. The van der Waals surface area contributed by atoms with E-state index in [1.807, 2.05) is 12.1 Å². The summed E-state index contributed by atoms with van der Waals surface area (Å²) in [5.41, 5.74) is 1.68. The molecule has 0 fully saturated rings. The Balaban J connectivity index is 1.50. The summed E-state index contributed by atoms with van der Waals surface area (Å²) in [4.78, 5) is 12.0. The second-order valence-corrected chi connectivity index (χ2v) is 6.29. The Morgan fingerprint density at radius 2 is 1.79 bits per heavy atom. The average molecular weight is 403 g/mol. The number of methoxy groups -OCH3 is 2.